The molecule has 1 aromatic rings. The Balaban J connectivity index is 1.98. The van der Waals surface area contributed by atoms with Crippen LogP contribution in [0.25, 0.3) is 0 Å². The maximum atomic E-state index is 11.8. The van der Waals surface area contributed by atoms with Crippen LogP contribution in [0, 0.1) is 5.92 Å². The molecule has 2 rings (SSSR count). The van der Waals surface area contributed by atoms with E-state index in [0.29, 0.717) is 22.4 Å². The molecule has 2 amide bonds. The molecule has 1 aliphatic rings. The topological polar surface area (TPSA) is 50.4 Å². The number of rotatable bonds is 4. The Hall–Kier alpha value is -1.68. The van der Waals surface area contributed by atoms with Gasteiger partial charge in [-0.3, -0.25) is 0 Å². The van der Waals surface area contributed by atoms with Gasteiger partial charge in [-0.1, -0.05) is 17.2 Å². The smallest absolute Gasteiger partial charge is 0.323 e. The molecule has 5 heteroatoms. The van der Waals surface area contributed by atoms with Gasteiger partial charge in [-0.15, -0.1) is 0 Å². The maximum absolute atomic E-state index is 11.8. The number of urea groups is 1. The fourth-order valence-electron chi connectivity index (χ4n) is 1.77. The molecule has 0 saturated heterocycles. The van der Waals surface area contributed by atoms with Crippen LogP contribution in [0.3, 0.4) is 0 Å². The summed E-state index contributed by atoms with van der Waals surface area (Å²) < 4.78 is 5.16. The largest absolute Gasteiger partial charge is 0.495 e. The minimum Gasteiger partial charge on any atom is -0.495 e. The highest BCUT2D eigenvalue weighted by Crippen LogP contribution is 2.35. The molecule has 19 heavy (non-hydrogen) atoms. The molecule has 1 aromatic carbocycles. The Morgan fingerprint density at radius 2 is 2.21 bits per heavy atom. The summed E-state index contributed by atoms with van der Waals surface area (Å²) in [4.78, 5) is 11.8. The van der Waals surface area contributed by atoms with Gasteiger partial charge in [-0.05, 0) is 43.9 Å². The highest BCUT2D eigenvalue weighted by Gasteiger charge is 2.22. The molecular formula is C14H17ClN2O2. The molecule has 0 atom stereocenters. The minimum absolute atomic E-state index is 0.305. The van der Waals surface area contributed by atoms with E-state index in [0.717, 1.165) is 0 Å². The predicted octanol–water partition coefficient (Wildman–Crippen LogP) is 3.78. The molecule has 0 spiro atoms. The number of methoxy groups -OCH3 is 1. The Morgan fingerprint density at radius 1 is 1.47 bits per heavy atom. The first-order chi connectivity index (χ1) is 9.10. The Morgan fingerprint density at radius 3 is 2.84 bits per heavy atom. The number of halogens is 1. The summed E-state index contributed by atoms with van der Waals surface area (Å²) in [6, 6.07) is 4.77. The van der Waals surface area contributed by atoms with Gasteiger partial charge < -0.3 is 15.4 Å². The normalized spacial score (nSPS) is 15.0. The molecule has 1 fully saturated rings. The number of anilines is 1. The van der Waals surface area contributed by atoms with Crippen LogP contribution in [0.1, 0.15) is 19.8 Å². The first kappa shape index (κ1) is 13.7. The lowest BCUT2D eigenvalue weighted by atomic mass is 10.2. The van der Waals surface area contributed by atoms with Gasteiger partial charge in [-0.2, -0.15) is 0 Å². The van der Waals surface area contributed by atoms with Crippen LogP contribution in [0.2, 0.25) is 5.02 Å². The van der Waals surface area contributed by atoms with Crippen LogP contribution in [0.15, 0.2) is 30.0 Å². The number of carbonyl (C=O) groups is 1. The maximum Gasteiger partial charge on any atom is 0.323 e. The van der Waals surface area contributed by atoms with Crippen molar-refractivity contribution in [3.05, 3.63) is 35.0 Å². The van der Waals surface area contributed by atoms with E-state index in [9.17, 15) is 4.79 Å². The fourth-order valence-corrected chi connectivity index (χ4v) is 1.94. The van der Waals surface area contributed by atoms with E-state index in [4.69, 9.17) is 16.3 Å². The number of allylic oxidation sites excluding steroid dienone is 1. The second-order valence-corrected chi connectivity index (χ2v) is 5.04. The zero-order valence-electron chi connectivity index (χ0n) is 11.0. The number of nitrogens with one attached hydrogen (secondary N) is 2. The lowest BCUT2D eigenvalue weighted by molar-refractivity contribution is 0.255. The predicted molar refractivity (Wildman–Crippen MR) is 76.6 cm³/mol. The van der Waals surface area contributed by atoms with Gasteiger partial charge in [0.2, 0.25) is 0 Å². The summed E-state index contributed by atoms with van der Waals surface area (Å²) in [7, 11) is 1.55. The molecule has 0 heterocycles. The number of hydrogen-bond acceptors (Lipinski definition) is 2. The van der Waals surface area contributed by atoms with Crippen LogP contribution in [0.4, 0.5) is 10.5 Å². The van der Waals surface area contributed by atoms with Crippen molar-refractivity contribution < 1.29 is 9.53 Å². The van der Waals surface area contributed by atoms with Crippen molar-refractivity contribution in [2.24, 2.45) is 5.92 Å². The number of amides is 2. The van der Waals surface area contributed by atoms with Crippen LogP contribution < -0.4 is 15.4 Å². The third-order valence-corrected chi connectivity index (χ3v) is 3.30. The molecule has 0 aromatic heterocycles. The monoisotopic (exact) mass is 280 g/mol. The summed E-state index contributed by atoms with van der Waals surface area (Å²) in [6.07, 6.45) is 4.19. The number of benzene rings is 1. The molecule has 0 bridgehead atoms. The van der Waals surface area contributed by atoms with E-state index in [-0.39, 0.29) is 6.03 Å². The Labute approximate surface area is 117 Å². The van der Waals surface area contributed by atoms with E-state index in [1.54, 1.807) is 31.5 Å². The summed E-state index contributed by atoms with van der Waals surface area (Å²) in [6.45, 7) is 2.03. The molecule has 4 nitrogen and oxygen atoms in total. The van der Waals surface area contributed by atoms with Crippen molar-refractivity contribution in [2.75, 3.05) is 12.4 Å². The molecule has 2 N–H and O–H groups in total. The molecule has 1 aliphatic carbocycles. The second-order valence-electron chi connectivity index (χ2n) is 4.61. The molecular weight excluding hydrogens is 264 g/mol. The van der Waals surface area contributed by atoms with Gasteiger partial charge >= 0.3 is 6.03 Å². The third-order valence-electron chi connectivity index (χ3n) is 3.06. The SMILES string of the molecule is COc1ccc(Cl)cc1NC(=O)N/C=C(\C)C1CC1. The van der Waals surface area contributed by atoms with Gasteiger partial charge in [0.25, 0.3) is 0 Å². The molecule has 0 aliphatic heterocycles. The van der Waals surface area contributed by atoms with Gasteiger partial charge in [0, 0.05) is 11.2 Å². The summed E-state index contributed by atoms with van der Waals surface area (Å²) in [5, 5.41) is 5.97. The molecule has 0 unspecified atom stereocenters. The van der Waals surface area contributed by atoms with Crippen LogP contribution in [0.5, 0.6) is 5.75 Å². The first-order valence-corrected chi connectivity index (χ1v) is 6.55. The number of hydrogen-bond donors (Lipinski definition) is 2. The van der Waals surface area contributed by atoms with E-state index in [1.165, 1.54) is 18.4 Å². The standard InChI is InChI=1S/C14H17ClN2O2/c1-9(10-3-4-10)8-16-14(18)17-12-7-11(15)5-6-13(12)19-2/h5-8,10H,3-4H2,1-2H3,(H2,16,17,18)/b9-8+. The number of carbonyl (C=O) groups excluding carboxylic acids is 1. The van der Waals surface area contributed by atoms with Gasteiger partial charge in [-0.25, -0.2) is 4.79 Å². The minimum atomic E-state index is -0.305. The molecule has 102 valence electrons. The average Bonchev–Trinajstić information content (AvgIpc) is 3.20. The van der Waals surface area contributed by atoms with E-state index >= 15 is 0 Å². The third kappa shape index (κ3) is 3.89. The van der Waals surface area contributed by atoms with Crippen LogP contribution >= 0.6 is 11.6 Å². The number of ether oxygens (including phenoxy) is 1. The van der Waals surface area contributed by atoms with Crippen molar-refractivity contribution >= 4 is 23.3 Å². The van der Waals surface area contributed by atoms with Crippen molar-refractivity contribution in [3.63, 3.8) is 0 Å². The van der Waals surface area contributed by atoms with Crippen molar-refractivity contribution in [1.29, 1.82) is 0 Å². The summed E-state index contributed by atoms with van der Waals surface area (Å²) in [5.41, 5.74) is 1.75. The van der Waals surface area contributed by atoms with Crippen molar-refractivity contribution in [1.82, 2.24) is 5.32 Å². The fraction of sp³-hybridized carbons (Fsp3) is 0.357. The highest BCUT2D eigenvalue weighted by molar-refractivity contribution is 6.31. The van der Waals surface area contributed by atoms with Gasteiger partial charge in [0.05, 0.1) is 12.8 Å². The molecule has 0 radical (unpaired) electrons. The Kier molecular flexibility index (Phi) is 4.32. The second kappa shape index (κ2) is 5.97. The zero-order valence-corrected chi connectivity index (χ0v) is 11.8. The van der Waals surface area contributed by atoms with Crippen LogP contribution in [-0.2, 0) is 0 Å². The van der Waals surface area contributed by atoms with E-state index in [2.05, 4.69) is 10.6 Å². The lowest BCUT2D eigenvalue weighted by Gasteiger charge is -2.10. The van der Waals surface area contributed by atoms with Gasteiger partial charge in [0.15, 0.2) is 0 Å². The van der Waals surface area contributed by atoms with Crippen molar-refractivity contribution in [2.45, 2.75) is 19.8 Å². The van der Waals surface area contributed by atoms with E-state index in [1.807, 2.05) is 6.92 Å². The summed E-state index contributed by atoms with van der Waals surface area (Å²) >= 11 is 5.90. The Bertz CT molecular complexity index is 510. The summed E-state index contributed by atoms with van der Waals surface area (Å²) in [5.74, 6) is 1.21. The van der Waals surface area contributed by atoms with Gasteiger partial charge in [0.1, 0.15) is 5.75 Å². The average molecular weight is 281 g/mol. The molecule has 1 saturated carbocycles. The van der Waals surface area contributed by atoms with Crippen molar-refractivity contribution in [3.8, 4) is 5.75 Å². The quantitative estimate of drug-likeness (QED) is 0.882. The lowest BCUT2D eigenvalue weighted by Crippen LogP contribution is -2.24. The highest BCUT2D eigenvalue weighted by atomic mass is 35.5. The van der Waals surface area contributed by atoms with Crippen LogP contribution in [-0.4, -0.2) is 13.1 Å². The zero-order chi connectivity index (χ0) is 13.8. The van der Waals surface area contributed by atoms with E-state index < -0.39 is 0 Å². The first-order valence-electron chi connectivity index (χ1n) is 6.18.